The highest BCUT2D eigenvalue weighted by Gasteiger charge is 2.16. The van der Waals surface area contributed by atoms with Crippen molar-refractivity contribution in [3.63, 3.8) is 0 Å². The summed E-state index contributed by atoms with van der Waals surface area (Å²) in [6.45, 7) is 7.24. The van der Waals surface area contributed by atoms with Crippen molar-refractivity contribution in [3.05, 3.63) is 42.5 Å². The maximum absolute atomic E-state index is 12.2. The summed E-state index contributed by atoms with van der Waals surface area (Å²) < 4.78 is 32.4. The lowest BCUT2D eigenvalue weighted by atomic mass is 10.0. The van der Waals surface area contributed by atoms with Gasteiger partial charge in [-0.1, -0.05) is 30.2 Å². The topological polar surface area (TPSA) is 21.3 Å². The molecule has 0 spiro atoms. The second-order valence-corrected chi connectivity index (χ2v) is 7.02. The molecule has 0 aliphatic rings. The Hall–Kier alpha value is -1.07. The summed E-state index contributed by atoms with van der Waals surface area (Å²) in [6, 6.07) is 6.78. The summed E-state index contributed by atoms with van der Waals surface area (Å²) in [6.07, 6.45) is 2.52. The van der Waals surface area contributed by atoms with Crippen LogP contribution in [0.5, 0.6) is 5.75 Å². The van der Waals surface area contributed by atoms with Gasteiger partial charge in [0.15, 0.2) is 0 Å². The summed E-state index contributed by atoms with van der Waals surface area (Å²) in [7, 11) is 0. The van der Waals surface area contributed by atoms with Gasteiger partial charge in [-0.3, -0.25) is 4.72 Å². The summed E-state index contributed by atoms with van der Waals surface area (Å²) >= 11 is 1.61. The molecule has 1 rings (SSSR count). The van der Waals surface area contributed by atoms with Crippen LogP contribution in [0.4, 0.5) is 8.78 Å². The number of ether oxygens (including phenoxy) is 1. The summed E-state index contributed by atoms with van der Waals surface area (Å²) in [5.74, 6) is 0.175. The highest BCUT2D eigenvalue weighted by Crippen LogP contribution is 2.28. The van der Waals surface area contributed by atoms with E-state index in [1.54, 1.807) is 24.1 Å². The second kappa shape index (κ2) is 7.64. The molecule has 1 N–H and O–H groups in total. The molecular formula is C15H21F2NOS. The molecule has 0 saturated carbocycles. The van der Waals surface area contributed by atoms with Gasteiger partial charge in [-0.15, -0.1) is 6.58 Å². The molecule has 0 saturated heterocycles. The Morgan fingerprint density at radius 1 is 1.40 bits per heavy atom. The van der Waals surface area contributed by atoms with Crippen LogP contribution < -0.4 is 9.46 Å². The number of halogens is 2. The molecule has 0 radical (unpaired) electrons. The molecule has 0 unspecified atom stereocenters. The van der Waals surface area contributed by atoms with E-state index >= 15 is 0 Å². The fourth-order valence-electron chi connectivity index (χ4n) is 1.57. The van der Waals surface area contributed by atoms with Crippen LogP contribution >= 0.6 is 11.9 Å². The van der Waals surface area contributed by atoms with E-state index in [0.717, 1.165) is 5.56 Å². The first-order valence-corrected chi connectivity index (χ1v) is 7.22. The molecule has 0 heterocycles. The first-order chi connectivity index (χ1) is 9.31. The summed E-state index contributed by atoms with van der Waals surface area (Å²) in [4.78, 5) is 0. The number of hydrogen-bond donors (Lipinski definition) is 1. The number of hydrogen-bond acceptors (Lipinski definition) is 3. The fourth-order valence-corrected chi connectivity index (χ4v) is 2.30. The van der Waals surface area contributed by atoms with Gasteiger partial charge < -0.3 is 4.74 Å². The van der Waals surface area contributed by atoms with E-state index in [-0.39, 0.29) is 16.5 Å². The molecule has 1 aromatic carbocycles. The number of benzene rings is 1. The minimum Gasteiger partial charge on any atom is -0.435 e. The maximum Gasteiger partial charge on any atom is 0.387 e. The Morgan fingerprint density at radius 3 is 2.65 bits per heavy atom. The third-order valence-electron chi connectivity index (χ3n) is 2.40. The largest absolute Gasteiger partial charge is 0.435 e. The number of alkyl halides is 2. The Morgan fingerprint density at radius 2 is 2.10 bits per heavy atom. The zero-order chi connectivity index (χ0) is 15.2. The predicted molar refractivity (Wildman–Crippen MR) is 81.1 cm³/mol. The fraction of sp³-hybridized carbons (Fsp3) is 0.467. The van der Waals surface area contributed by atoms with Gasteiger partial charge in [-0.05, 0) is 44.9 Å². The average Bonchev–Trinajstić information content (AvgIpc) is 2.33. The maximum atomic E-state index is 12.2. The minimum atomic E-state index is -2.81. The molecule has 0 aliphatic carbocycles. The molecule has 0 aliphatic heterocycles. The van der Waals surface area contributed by atoms with Crippen LogP contribution in [0.2, 0.25) is 0 Å². The van der Waals surface area contributed by atoms with E-state index in [2.05, 4.69) is 36.8 Å². The van der Waals surface area contributed by atoms with E-state index in [9.17, 15) is 8.78 Å². The van der Waals surface area contributed by atoms with Gasteiger partial charge in [0.2, 0.25) is 0 Å². The third-order valence-corrected chi connectivity index (χ3v) is 3.41. The highest BCUT2D eigenvalue weighted by atomic mass is 32.2. The quantitative estimate of drug-likeness (QED) is 0.569. The Bertz CT molecular complexity index is 432. The lowest BCUT2D eigenvalue weighted by molar-refractivity contribution is -0.0499. The number of rotatable bonds is 7. The lowest BCUT2D eigenvalue weighted by Gasteiger charge is -2.24. The van der Waals surface area contributed by atoms with Crippen molar-refractivity contribution >= 4 is 11.9 Å². The Labute approximate surface area is 123 Å². The summed E-state index contributed by atoms with van der Waals surface area (Å²) in [5.41, 5.74) is 0.903. The van der Waals surface area contributed by atoms with Crippen molar-refractivity contribution in [3.8, 4) is 5.75 Å². The highest BCUT2D eigenvalue weighted by molar-refractivity contribution is 7.98. The molecule has 2 nitrogen and oxygen atoms in total. The van der Waals surface area contributed by atoms with Crippen LogP contribution in [0, 0.1) is 0 Å². The zero-order valence-electron chi connectivity index (χ0n) is 12.0. The first kappa shape index (κ1) is 17.0. The normalized spacial score (nSPS) is 13.3. The van der Waals surface area contributed by atoms with Crippen molar-refractivity contribution < 1.29 is 13.5 Å². The SMILES string of the molecule is C=CC[C@H](NSC(C)(C)C)c1cccc(OC(F)F)c1. The van der Waals surface area contributed by atoms with Crippen molar-refractivity contribution in [1.82, 2.24) is 4.72 Å². The minimum absolute atomic E-state index is 0.0120. The van der Waals surface area contributed by atoms with Gasteiger partial charge in [0.05, 0.1) is 0 Å². The molecule has 1 aromatic rings. The van der Waals surface area contributed by atoms with Gasteiger partial charge in [0, 0.05) is 10.8 Å². The van der Waals surface area contributed by atoms with Crippen molar-refractivity contribution in [2.24, 2.45) is 0 Å². The van der Waals surface area contributed by atoms with E-state index in [4.69, 9.17) is 0 Å². The predicted octanol–water partition coefficient (Wildman–Crippen LogP) is 4.94. The Kier molecular flexibility index (Phi) is 6.49. The van der Waals surface area contributed by atoms with E-state index in [1.807, 2.05) is 12.1 Å². The first-order valence-electron chi connectivity index (χ1n) is 6.41. The molecule has 0 fully saturated rings. The average molecular weight is 301 g/mol. The molecule has 0 bridgehead atoms. The molecule has 1 atom stereocenters. The molecule has 0 aromatic heterocycles. The van der Waals surface area contributed by atoms with Crippen molar-refractivity contribution in [2.45, 2.75) is 44.6 Å². The second-order valence-electron chi connectivity index (χ2n) is 5.36. The van der Waals surface area contributed by atoms with E-state index in [0.29, 0.717) is 6.42 Å². The van der Waals surface area contributed by atoms with Gasteiger partial charge in [0.25, 0.3) is 0 Å². The molecule has 5 heteroatoms. The number of nitrogens with one attached hydrogen (secondary N) is 1. The molecular weight excluding hydrogens is 280 g/mol. The molecule has 0 amide bonds. The van der Waals surface area contributed by atoms with E-state index in [1.165, 1.54) is 6.07 Å². The van der Waals surface area contributed by atoms with Crippen LogP contribution in [0.15, 0.2) is 36.9 Å². The van der Waals surface area contributed by atoms with Gasteiger partial charge in [-0.25, -0.2) is 0 Å². The van der Waals surface area contributed by atoms with Gasteiger partial charge in [0.1, 0.15) is 5.75 Å². The van der Waals surface area contributed by atoms with Crippen molar-refractivity contribution in [2.75, 3.05) is 0 Å². The van der Waals surface area contributed by atoms with Gasteiger partial charge in [-0.2, -0.15) is 8.78 Å². The molecule has 112 valence electrons. The lowest BCUT2D eigenvalue weighted by Crippen LogP contribution is -2.21. The zero-order valence-corrected chi connectivity index (χ0v) is 12.8. The van der Waals surface area contributed by atoms with Crippen LogP contribution in [0.1, 0.15) is 38.8 Å². The molecule has 20 heavy (non-hydrogen) atoms. The third kappa shape index (κ3) is 6.39. The van der Waals surface area contributed by atoms with Crippen LogP contribution in [0.3, 0.4) is 0 Å². The van der Waals surface area contributed by atoms with Crippen LogP contribution in [0.25, 0.3) is 0 Å². The van der Waals surface area contributed by atoms with Gasteiger partial charge >= 0.3 is 6.61 Å². The monoisotopic (exact) mass is 301 g/mol. The Balaban J connectivity index is 2.82. The van der Waals surface area contributed by atoms with Crippen LogP contribution in [-0.4, -0.2) is 11.4 Å². The van der Waals surface area contributed by atoms with Crippen LogP contribution in [-0.2, 0) is 0 Å². The standard InChI is InChI=1S/C15H21F2NOS/c1-5-7-13(18-20-15(2,3)4)11-8-6-9-12(10-11)19-14(16)17/h5-6,8-10,13-14,18H,1,7H2,2-4H3/t13-/m0/s1. The van der Waals surface area contributed by atoms with E-state index < -0.39 is 6.61 Å². The smallest absolute Gasteiger partial charge is 0.387 e. The summed E-state index contributed by atoms with van der Waals surface area (Å²) in [5, 5.41) is 0. The van der Waals surface area contributed by atoms with Crippen molar-refractivity contribution in [1.29, 1.82) is 0 Å².